The zero-order valence-corrected chi connectivity index (χ0v) is 18.3. The van der Waals surface area contributed by atoms with Gasteiger partial charge in [-0.2, -0.15) is 5.70 Å². The van der Waals surface area contributed by atoms with Crippen molar-refractivity contribution in [3.63, 3.8) is 0 Å². The van der Waals surface area contributed by atoms with E-state index in [0.717, 1.165) is 0 Å². The van der Waals surface area contributed by atoms with Crippen molar-refractivity contribution in [2.75, 3.05) is 0 Å². The van der Waals surface area contributed by atoms with Crippen LogP contribution in [0.5, 0.6) is 0 Å². The average Bonchev–Trinajstić information content (AvgIpc) is 2.46. The number of hydrogen-bond donors (Lipinski definition) is 0. The normalized spacial score (nSPS) is 19.2. The average molecular weight is 369 g/mol. The van der Waals surface area contributed by atoms with Gasteiger partial charge in [0, 0.05) is 8.80 Å². The molecule has 0 saturated carbocycles. The Balaban J connectivity index is 0.00000110. The van der Waals surface area contributed by atoms with Crippen molar-refractivity contribution < 1.29 is 17.0 Å². The topological polar surface area (TPSA) is 14.1 Å². The predicted octanol–water partition coefficient (Wildman–Crippen LogP) is 6.26. The summed E-state index contributed by atoms with van der Waals surface area (Å²) in [6, 6.07) is 1.29. The van der Waals surface area contributed by atoms with Crippen LogP contribution in [-0.4, -0.2) is 14.3 Å². The van der Waals surface area contributed by atoms with E-state index in [-0.39, 0.29) is 5.54 Å². The molecule has 5 heteroatoms. The zero-order chi connectivity index (χ0) is 16.1. The summed E-state index contributed by atoms with van der Waals surface area (Å²) >= 11 is -0.556. The number of halogens is 2. The molecule has 1 aliphatic carbocycles. The van der Waals surface area contributed by atoms with Crippen LogP contribution in [0.15, 0.2) is 22.4 Å². The molecular formula is C15H28Cl2NSiTi-. The minimum atomic E-state index is -0.558. The Morgan fingerprint density at radius 1 is 1.15 bits per heavy atom. The summed E-state index contributed by atoms with van der Waals surface area (Å²) in [6.07, 6.45) is 0. The van der Waals surface area contributed by atoms with Gasteiger partial charge in [-0.15, -0.1) is 5.54 Å². The van der Waals surface area contributed by atoms with Crippen molar-refractivity contribution in [2.24, 2.45) is 5.92 Å². The molecule has 1 rings (SSSR count). The summed E-state index contributed by atoms with van der Waals surface area (Å²) in [7, 11) is 9.22. The van der Waals surface area contributed by atoms with Crippen LogP contribution < -0.4 is 0 Å². The van der Waals surface area contributed by atoms with Crippen molar-refractivity contribution in [1.82, 2.24) is 0 Å². The van der Waals surface area contributed by atoms with Crippen LogP contribution >= 0.6 is 18.6 Å². The van der Waals surface area contributed by atoms with Crippen LogP contribution in [0.1, 0.15) is 41.5 Å². The van der Waals surface area contributed by atoms with Gasteiger partial charge < -0.3 is 5.32 Å². The van der Waals surface area contributed by atoms with Crippen molar-refractivity contribution in [1.29, 1.82) is 0 Å². The summed E-state index contributed by atoms with van der Waals surface area (Å²) < 4.78 is 0. The molecule has 0 saturated heterocycles. The first-order chi connectivity index (χ1) is 9.07. The third-order valence-corrected chi connectivity index (χ3v) is 5.74. The molecule has 0 bridgehead atoms. The van der Waals surface area contributed by atoms with E-state index >= 15 is 0 Å². The second-order valence-electron chi connectivity index (χ2n) is 6.63. The van der Waals surface area contributed by atoms with Gasteiger partial charge >= 0.3 is 35.6 Å². The van der Waals surface area contributed by atoms with Crippen LogP contribution in [0, 0.1) is 5.92 Å². The molecule has 1 aliphatic rings. The van der Waals surface area contributed by atoms with Crippen molar-refractivity contribution >= 4 is 27.4 Å². The first-order valence-corrected chi connectivity index (χ1v) is 14.6. The molecule has 0 aromatic heterocycles. The zero-order valence-electron chi connectivity index (χ0n) is 14.1. The van der Waals surface area contributed by atoms with Crippen LogP contribution in [0.3, 0.4) is 0 Å². The fraction of sp³-hybridized carbons (Fsp3) is 0.733. The predicted molar refractivity (Wildman–Crippen MR) is 93.1 cm³/mol. The number of nitrogens with zero attached hydrogens (tertiary/aromatic N) is 1. The van der Waals surface area contributed by atoms with Gasteiger partial charge in [0.2, 0.25) is 0 Å². The maximum absolute atomic E-state index is 5.08. The molecule has 116 valence electrons. The van der Waals surface area contributed by atoms with Gasteiger partial charge in [-0.1, -0.05) is 56.6 Å². The number of rotatable bonds is 4. The van der Waals surface area contributed by atoms with Gasteiger partial charge in [-0.05, 0) is 26.7 Å². The molecule has 0 heterocycles. The van der Waals surface area contributed by atoms with E-state index in [0.29, 0.717) is 5.92 Å². The summed E-state index contributed by atoms with van der Waals surface area (Å²) in [5.41, 5.74) is 5.82. The van der Waals surface area contributed by atoms with E-state index in [1.807, 2.05) is 0 Å². The van der Waals surface area contributed by atoms with E-state index in [4.69, 9.17) is 23.9 Å². The fourth-order valence-electron chi connectivity index (χ4n) is 2.89. The van der Waals surface area contributed by atoms with Gasteiger partial charge in [0.1, 0.15) is 0 Å². The Bertz CT molecular complexity index is 389. The quantitative estimate of drug-likeness (QED) is 0.519. The van der Waals surface area contributed by atoms with E-state index in [1.54, 1.807) is 0 Å². The Morgan fingerprint density at radius 2 is 1.60 bits per heavy atom. The minimum absolute atomic E-state index is 0.121. The molecule has 0 spiro atoms. The molecular weight excluding hydrogens is 341 g/mol. The van der Waals surface area contributed by atoms with Crippen LogP contribution in [0.4, 0.5) is 0 Å². The molecule has 0 radical (unpaired) electrons. The Kier molecular flexibility index (Phi) is 9.41. The van der Waals surface area contributed by atoms with E-state index in [9.17, 15) is 0 Å². The van der Waals surface area contributed by atoms with E-state index in [2.05, 4.69) is 54.6 Å². The number of allylic oxidation sites excluding steroid dienone is 3. The maximum atomic E-state index is 5.08. The van der Waals surface area contributed by atoms with Gasteiger partial charge in [0.05, 0.1) is 0 Å². The van der Waals surface area contributed by atoms with Crippen LogP contribution in [0.25, 0.3) is 5.32 Å². The molecule has 20 heavy (non-hydrogen) atoms. The molecule has 1 unspecified atom stereocenters. The summed E-state index contributed by atoms with van der Waals surface area (Å²) in [5.74, 6) is 0.517. The SMILES string of the molecule is CC1=C(C)C(C)C([N-]C(C)(C)C[SiH](C)C)=C1C.[Cl][Ti][Cl]. The molecule has 0 aliphatic heterocycles. The van der Waals surface area contributed by atoms with E-state index < -0.39 is 25.8 Å². The van der Waals surface area contributed by atoms with Crippen molar-refractivity contribution in [3.8, 4) is 0 Å². The molecule has 0 N–H and O–H groups in total. The van der Waals surface area contributed by atoms with Gasteiger partial charge in [0.25, 0.3) is 0 Å². The summed E-state index contributed by atoms with van der Waals surface area (Å²) in [4.78, 5) is 0. The van der Waals surface area contributed by atoms with Gasteiger partial charge in [0.15, 0.2) is 0 Å². The monoisotopic (exact) mass is 368 g/mol. The molecule has 0 aromatic carbocycles. The fourth-order valence-corrected chi connectivity index (χ4v) is 4.98. The Labute approximate surface area is 143 Å². The molecule has 0 aromatic rings. The Hall–Kier alpha value is 0.791. The molecule has 1 nitrogen and oxygen atoms in total. The van der Waals surface area contributed by atoms with Crippen LogP contribution in [0.2, 0.25) is 19.1 Å². The van der Waals surface area contributed by atoms with Gasteiger partial charge in [-0.25, -0.2) is 0 Å². The first-order valence-electron chi connectivity index (χ1n) is 7.15. The van der Waals surface area contributed by atoms with E-state index in [1.165, 1.54) is 28.5 Å². The summed E-state index contributed by atoms with van der Waals surface area (Å²) in [6.45, 7) is 18.4. The standard InChI is InChI=1S/C15H28NSi.2ClH.Ti/c1-10-11(2)13(4)14(12(10)3)16-15(5,6)9-17(7)8;;;/h12,17H,9H2,1-8H3;2*1H;/q-1;;;+2/p-2. The summed E-state index contributed by atoms with van der Waals surface area (Å²) in [5, 5.41) is 5.08. The van der Waals surface area contributed by atoms with Crippen molar-refractivity contribution in [3.05, 3.63) is 27.7 Å². The second kappa shape index (κ2) is 9.05. The molecule has 1 atom stereocenters. The second-order valence-corrected chi connectivity index (χ2v) is 12.4. The first kappa shape index (κ1) is 20.8. The van der Waals surface area contributed by atoms with Gasteiger partial charge in [-0.3, -0.25) is 0 Å². The number of hydrogen-bond acceptors (Lipinski definition) is 0. The molecule has 0 fully saturated rings. The van der Waals surface area contributed by atoms with Crippen LogP contribution in [-0.2, 0) is 17.0 Å². The molecule has 0 amide bonds. The third-order valence-electron chi connectivity index (χ3n) is 3.93. The van der Waals surface area contributed by atoms with Crippen molar-refractivity contribution in [2.45, 2.75) is 66.2 Å². The Morgan fingerprint density at radius 3 is 1.90 bits per heavy atom. The third kappa shape index (κ3) is 6.27.